The average Bonchev–Trinajstić information content (AvgIpc) is 2.25. The van der Waals surface area contributed by atoms with E-state index in [1.165, 1.54) is 12.1 Å². The molecule has 0 aliphatic rings. The maximum atomic E-state index is 10.9. The zero-order valence-electron chi connectivity index (χ0n) is 9.51. The van der Waals surface area contributed by atoms with Crippen molar-refractivity contribution in [3.63, 3.8) is 0 Å². The van der Waals surface area contributed by atoms with E-state index in [-0.39, 0.29) is 5.69 Å². The van der Waals surface area contributed by atoms with E-state index in [1.54, 1.807) is 0 Å². The summed E-state index contributed by atoms with van der Waals surface area (Å²) >= 11 is 0. The second-order valence-electron chi connectivity index (χ2n) is 3.42. The van der Waals surface area contributed by atoms with Gasteiger partial charge >= 0.3 is 5.69 Å². The number of aromatic nitrogens is 1. The smallest absolute Gasteiger partial charge is 0.311 e. The van der Waals surface area contributed by atoms with Crippen LogP contribution in [0.3, 0.4) is 0 Å². The van der Waals surface area contributed by atoms with E-state index in [1.807, 2.05) is 18.7 Å². The van der Waals surface area contributed by atoms with Crippen LogP contribution in [0.1, 0.15) is 20.3 Å². The first-order valence-corrected chi connectivity index (χ1v) is 5.26. The topological polar surface area (TPSA) is 85.3 Å². The molecule has 0 radical (unpaired) electrons. The van der Waals surface area contributed by atoms with Gasteiger partial charge in [0.1, 0.15) is 5.82 Å². The Morgan fingerprint density at radius 1 is 1.50 bits per heavy atom. The van der Waals surface area contributed by atoms with E-state index in [2.05, 4.69) is 4.98 Å². The molecule has 0 aliphatic heterocycles. The Hall–Kier alpha value is -1.85. The van der Waals surface area contributed by atoms with Crippen molar-refractivity contribution in [2.24, 2.45) is 0 Å². The molecule has 0 saturated carbocycles. The van der Waals surface area contributed by atoms with E-state index < -0.39 is 4.92 Å². The van der Waals surface area contributed by atoms with Crippen molar-refractivity contribution in [2.75, 3.05) is 23.7 Å². The minimum atomic E-state index is -0.430. The van der Waals surface area contributed by atoms with Gasteiger partial charge in [0.15, 0.2) is 0 Å². The molecule has 0 unspecified atom stereocenters. The van der Waals surface area contributed by atoms with Gasteiger partial charge in [0.2, 0.25) is 5.82 Å². The number of nitro groups is 1. The van der Waals surface area contributed by atoms with Gasteiger partial charge in [-0.05, 0) is 19.4 Å². The lowest BCUT2D eigenvalue weighted by Crippen LogP contribution is -2.25. The van der Waals surface area contributed by atoms with E-state index in [0.717, 1.165) is 13.0 Å². The van der Waals surface area contributed by atoms with Gasteiger partial charge in [0.25, 0.3) is 0 Å². The molecule has 0 aliphatic carbocycles. The third-order valence-electron chi connectivity index (χ3n) is 2.25. The summed E-state index contributed by atoms with van der Waals surface area (Å²) in [6, 6.07) is 2.84. The van der Waals surface area contributed by atoms with Crippen LogP contribution in [0.15, 0.2) is 12.1 Å². The van der Waals surface area contributed by atoms with Crippen LogP contribution < -0.4 is 10.6 Å². The standard InChI is InChI=1S/C10H16N4O2/c1-3-7-13(4-2)10-8(14(15)16)5-6-9(11)12-10/h5-6H,3-4,7H2,1-2H3,(H2,11,12). The molecule has 0 fully saturated rings. The maximum absolute atomic E-state index is 10.9. The number of hydrogen-bond donors (Lipinski definition) is 1. The first kappa shape index (κ1) is 12.2. The van der Waals surface area contributed by atoms with Gasteiger partial charge in [-0.3, -0.25) is 10.1 Å². The third kappa shape index (κ3) is 2.59. The molecular formula is C10H16N4O2. The fourth-order valence-corrected chi connectivity index (χ4v) is 1.51. The number of pyridine rings is 1. The van der Waals surface area contributed by atoms with E-state index in [4.69, 9.17) is 5.73 Å². The zero-order chi connectivity index (χ0) is 12.1. The van der Waals surface area contributed by atoms with Gasteiger partial charge in [-0.25, -0.2) is 4.98 Å². The summed E-state index contributed by atoms with van der Waals surface area (Å²) in [5.41, 5.74) is 5.56. The van der Waals surface area contributed by atoms with Crippen molar-refractivity contribution in [3.8, 4) is 0 Å². The maximum Gasteiger partial charge on any atom is 0.311 e. The Kier molecular flexibility index (Phi) is 4.04. The predicted molar refractivity (Wildman–Crippen MR) is 63.5 cm³/mol. The normalized spacial score (nSPS) is 10.1. The molecule has 1 rings (SSSR count). The molecule has 88 valence electrons. The van der Waals surface area contributed by atoms with Crippen molar-refractivity contribution < 1.29 is 4.92 Å². The molecule has 0 bridgehead atoms. The van der Waals surface area contributed by atoms with Crippen molar-refractivity contribution in [1.29, 1.82) is 0 Å². The summed E-state index contributed by atoms with van der Waals surface area (Å²) in [6.07, 6.45) is 0.904. The summed E-state index contributed by atoms with van der Waals surface area (Å²) in [4.78, 5) is 16.3. The molecular weight excluding hydrogens is 208 g/mol. The first-order chi connectivity index (χ1) is 7.60. The summed E-state index contributed by atoms with van der Waals surface area (Å²) < 4.78 is 0. The fourth-order valence-electron chi connectivity index (χ4n) is 1.51. The van der Waals surface area contributed by atoms with E-state index in [9.17, 15) is 10.1 Å². The molecule has 0 aromatic carbocycles. The van der Waals surface area contributed by atoms with Gasteiger partial charge in [0, 0.05) is 19.2 Å². The van der Waals surface area contributed by atoms with Crippen LogP contribution in [0.25, 0.3) is 0 Å². The van der Waals surface area contributed by atoms with E-state index >= 15 is 0 Å². The van der Waals surface area contributed by atoms with Crippen LogP contribution in [0.5, 0.6) is 0 Å². The molecule has 1 aromatic rings. The lowest BCUT2D eigenvalue weighted by molar-refractivity contribution is -0.384. The minimum absolute atomic E-state index is 0.00417. The molecule has 6 nitrogen and oxygen atoms in total. The van der Waals surface area contributed by atoms with Crippen molar-refractivity contribution in [2.45, 2.75) is 20.3 Å². The number of nitrogen functional groups attached to an aromatic ring is 1. The highest BCUT2D eigenvalue weighted by Crippen LogP contribution is 2.26. The molecule has 0 atom stereocenters. The number of hydrogen-bond acceptors (Lipinski definition) is 5. The number of rotatable bonds is 5. The number of nitrogens with zero attached hydrogens (tertiary/aromatic N) is 3. The third-order valence-corrected chi connectivity index (χ3v) is 2.25. The second kappa shape index (κ2) is 5.29. The Labute approximate surface area is 94.2 Å². The van der Waals surface area contributed by atoms with Crippen LogP contribution in [0, 0.1) is 10.1 Å². The van der Waals surface area contributed by atoms with E-state index in [0.29, 0.717) is 18.2 Å². The van der Waals surface area contributed by atoms with Gasteiger partial charge < -0.3 is 10.6 Å². The highest BCUT2D eigenvalue weighted by molar-refractivity contribution is 5.60. The predicted octanol–water partition coefficient (Wildman–Crippen LogP) is 1.81. The van der Waals surface area contributed by atoms with Crippen molar-refractivity contribution in [1.82, 2.24) is 4.98 Å². The molecule has 6 heteroatoms. The molecule has 0 saturated heterocycles. The van der Waals surface area contributed by atoms with Crippen molar-refractivity contribution in [3.05, 3.63) is 22.2 Å². The van der Waals surface area contributed by atoms with Crippen molar-refractivity contribution >= 4 is 17.3 Å². The lowest BCUT2D eigenvalue weighted by atomic mass is 10.3. The summed E-state index contributed by atoms with van der Waals surface area (Å²) in [5, 5.41) is 10.9. The van der Waals surface area contributed by atoms with Gasteiger partial charge in [-0.2, -0.15) is 0 Å². The van der Waals surface area contributed by atoms with Gasteiger partial charge in [-0.15, -0.1) is 0 Å². The fraction of sp³-hybridized carbons (Fsp3) is 0.500. The molecule has 16 heavy (non-hydrogen) atoms. The largest absolute Gasteiger partial charge is 0.384 e. The number of nitrogens with two attached hydrogens (primary N) is 1. The molecule has 0 amide bonds. The molecule has 2 N–H and O–H groups in total. The summed E-state index contributed by atoms with van der Waals surface area (Å²) in [6.45, 7) is 5.35. The average molecular weight is 224 g/mol. The molecule has 1 aromatic heterocycles. The quantitative estimate of drug-likeness (QED) is 0.609. The number of anilines is 2. The monoisotopic (exact) mass is 224 g/mol. The highest BCUT2D eigenvalue weighted by Gasteiger charge is 2.19. The Balaban J connectivity index is 3.16. The summed E-state index contributed by atoms with van der Waals surface area (Å²) in [5.74, 6) is 0.657. The van der Waals surface area contributed by atoms with Gasteiger partial charge in [-0.1, -0.05) is 6.92 Å². The van der Waals surface area contributed by atoms with Crippen LogP contribution in [-0.2, 0) is 0 Å². The lowest BCUT2D eigenvalue weighted by Gasteiger charge is -2.20. The van der Waals surface area contributed by atoms with Crippen LogP contribution in [0.2, 0.25) is 0 Å². The highest BCUT2D eigenvalue weighted by atomic mass is 16.6. The second-order valence-corrected chi connectivity index (χ2v) is 3.42. The van der Waals surface area contributed by atoms with Crippen LogP contribution in [-0.4, -0.2) is 23.0 Å². The van der Waals surface area contributed by atoms with Crippen LogP contribution >= 0.6 is 0 Å². The minimum Gasteiger partial charge on any atom is -0.384 e. The van der Waals surface area contributed by atoms with Crippen LogP contribution in [0.4, 0.5) is 17.3 Å². The Morgan fingerprint density at radius 2 is 2.19 bits per heavy atom. The molecule has 0 spiro atoms. The first-order valence-electron chi connectivity index (χ1n) is 5.26. The Bertz CT molecular complexity index is 381. The molecule has 1 heterocycles. The zero-order valence-corrected chi connectivity index (χ0v) is 9.51. The Morgan fingerprint density at radius 3 is 2.69 bits per heavy atom. The van der Waals surface area contributed by atoms with Gasteiger partial charge in [0.05, 0.1) is 4.92 Å². The summed E-state index contributed by atoms with van der Waals surface area (Å²) in [7, 11) is 0. The SMILES string of the molecule is CCCN(CC)c1nc(N)ccc1[N+](=O)[O-].